The van der Waals surface area contributed by atoms with Crippen LogP contribution in [0.3, 0.4) is 0 Å². The van der Waals surface area contributed by atoms with Gasteiger partial charge < -0.3 is 9.84 Å². The maximum Gasteiger partial charge on any atom is 0.146 e. The molecule has 17 heavy (non-hydrogen) atoms. The van der Waals surface area contributed by atoms with Gasteiger partial charge in [0, 0.05) is 6.07 Å². The molecule has 2 nitrogen and oxygen atoms in total. The van der Waals surface area contributed by atoms with Crippen molar-refractivity contribution in [2.75, 3.05) is 0 Å². The Balaban J connectivity index is 2.24. The van der Waals surface area contributed by atoms with Crippen molar-refractivity contribution >= 4 is 11.6 Å². The average molecular weight is 253 g/mol. The van der Waals surface area contributed by atoms with E-state index < -0.39 is 0 Å². The van der Waals surface area contributed by atoms with E-state index in [1.165, 1.54) is 12.1 Å². The average Bonchev–Trinajstić information content (AvgIpc) is 2.32. The molecule has 0 atom stereocenters. The summed E-state index contributed by atoms with van der Waals surface area (Å²) >= 11 is 5.97. The molecule has 0 amide bonds. The van der Waals surface area contributed by atoms with Gasteiger partial charge in [0.05, 0.1) is 11.6 Å². The summed E-state index contributed by atoms with van der Waals surface area (Å²) in [6, 6.07) is 10.7. The summed E-state index contributed by atoms with van der Waals surface area (Å²) in [5.41, 5.74) is 0.696. The number of rotatable bonds is 3. The van der Waals surface area contributed by atoms with E-state index in [4.69, 9.17) is 21.4 Å². The lowest BCUT2D eigenvalue weighted by Gasteiger charge is -2.08. The van der Waals surface area contributed by atoms with Crippen LogP contribution in [0.15, 0.2) is 42.5 Å². The third kappa shape index (κ3) is 2.96. The van der Waals surface area contributed by atoms with Crippen LogP contribution < -0.4 is 4.74 Å². The van der Waals surface area contributed by atoms with Crippen LogP contribution in [0.4, 0.5) is 4.39 Å². The number of aliphatic hydroxyl groups excluding tert-OH is 1. The molecule has 0 fully saturated rings. The van der Waals surface area contributed by atoms with E-state index in [9.17, 15) is 4.39 Å². The SMILES string of the molecule is OCc1ccc(Oc2cccc(F)c2)c(Cl)c1. The van der Waals surface area contributed by atoms with E-state index in [0.717, 1.165) is 0 Å². The Hall–Kier alpha value is -1.58. The van der Waals surface area contributed by atoms with Gasteiger partial charge in [-0.1, -0.05) is 23.7 Å². The smallest absolute Gasteiger partial charge is 0.146 e. The lowest BCUT2D eigenvalue weighted by molar-refractivity contribution is 0.281. The van der Waals surface area contributed by atoms with Crippen molar-refractivity contribution in [2.45, 2.75) is 6.61 Å². The molecule has 0 saturated heterocycles. The Morgan fingerprint density at radius 3 is 2.65 bits per heavy atom. The van der Waals surface area contributed by atoms with Crippen molar-refractivity contribution in [3.63, 3.8) is 0 Å². The highest BCUT2D eigenvalue weighted by atomic mass is 35.5. The molecule has 0 bridgehead atoms. The Morgan fingerprint density at radius 2 is 2.00 bits per heavy atom. The Labute approximate surface area is 103 Å². The number of halogens is 2. The van der Waals surface area contributed by atoms with Crippen LogP contribution in [0.25, 0.3) is 0 Å². The highest BCUT2D eigenvalue weighted by Crippen LogP contribution is 2.30. The fourth-order valence-corrected chi connectivity index (χ4v) is 1.62. The molecule has 4 heteroatoms. The summed E-state index contributed by atoms with van der Waals surface area (Å²) in [6.45, 7) is -0.0834. The maximum absolute atomic E-state index is 12.9. The molecule has 0 aromatic heterocycles. The van der Waals surface area contributed by atoms with Gasteiger partial charge in [-0.25, -0.2) is 4.39 Å². The molecule has 0 unspecified atom stereocenters. The topological polar surface area (TPSA) is 29.5 Å². The number of aliphatic hydroxyl groups is 1. The zero-order valence-electron chi connectivity index (χ0n) is 8.86. The second-order valence-corrected chi connectivity index (χ2v) is 3.89. The minimum absolute atomic E-state index is 0.0834. The minimum atomic E-state index is -0.370. The number of hydrogen-bond acceptors (Lipinski definition) is 2. The Bertz CT molecular complexity index is 529. The molecule has 2 rings (SSSR count). The van der Waals surface area contributed by atoms with Gasteiger partial charge in [-0.2, -0.15) is 0 Å². The van der Waals surface area contributed by atoms with E-state index in [-0.39, 0.29) is 12.4 Å². The van der Waals surface area contributed by atoms with Crippen molar-refractivity contribution in [3.05, 3.63) is 58.9 Å². The third-order valence-electron chi connectivity index (χ3n) is 2.20. The predicted octanol–water partition coefficient (Wildman–Crippen LogP) is 3.76. The molecule has 0 heterocycles. The monoisotopic (exact) mass is 252 g/mol. The highest BCUT2D eigenvalue weighted by molar-refractivity contribution is 6.32. The molecular formula is C13H10ClFO2. The quantitative estimate of drug-likeness (QED) is 0.901. The van der Waals surface area contributed by atoms with Gasteiger partial charge in [0.25, 0.3) is 0 Å². The van der Waals surface area contributed by atoms with Crippen LogP contribution in [-0.2, 0) is 6.61 Å². The largest absolute Gasteiger partial charge is 0.456 e. The van der Waals surface area contributed by atoms with E-state index in [0.29, 0.717) is 22.1 Å². The third-order valence-corrected chi connectivity index (χ3v) is 2.50. The zero-order valence-corrected chi connectivity index (χ0v) is 9.62. The highest BCUT2D eigenvalue weighted by Gasteiger charge is 2.04. The predicted molar refractivity (Wildman–Crippen MR) is 63.8 cm³/mol. The summed E-state index contributed by atoms with van der Waals surface area (Å²) in [5, 5.41) is 9.31. The van der Waals surface area contributed by atoms with Gasteiger partial charge in [-0.3, -0.25) is 0 Å². The van der Waals surface area contributed by atoms with E-state index >= 15 is 0 Å². The molecule has 0 aliphatic carbocycles. The standard InChI is InChI=1S/C13H10ClFO2/c14-12-6-9(8-16)4-5-13(12)17-11-3-1-2-10(15)7-11/h1-7,16H,8H2. The van der Waals surface area contributed by atoms with Gasteiger partial charge in [0.15, 0.2) is 0 Å². The molecule has 1 N–H and O–H groups in total. The van der Waals surface area contributed by atoms with Crippen molar-refractivity contribution in [1.29, 1.82) is 0 Å². The van der Waals surface area contributed by atoms with Gasteiger partial charge in [-0.15, -0.1) is 0 Å². The van der Waals surface area contributed by atoms with E-state index in [1.54, 1.807) is 30.3 Å². The molecule has 0 aliphatic rings. The summed E-state index contributed by atoms with van der Waals surface area (Å²) in [7, 11) is 0. The molecule has 2 aromatic carbocycles. The first-order valence-electron chi connectivity index (χ1n) is 5.02. The van der Waals surface area contributed by atoms with Crippen LogP contribution in [-0.4, -0.2) is 5.11 Å². The number of ether oxygens (including phenoxy) is 1. The first-order chi connectivity index (χ1) is 8.19. The first-order valence-corrected chi connectivity index (χ1v) is 5.39. The van der Waals surface area contributed by atoms with Crippen LogP contribution >= 0.6 is 11.6 Å². The maximum atomic E-state index is 12.9. The molecule has 0 saturated carbocycles. The first kappa shape index (κ1) is 11.9. The lowest BCUT2D eigenvalue weighted by Crippen LogP contribution is -1.88. The molecule has 88 valence electrons. The van der Waals surface area contributed by atoms with Gasteiger partial charge in [0.2, 0.25) is 0 Å². The molecule has 0 aliphatic heterocycles. The second-order valence-electron chi connectivity index (χ2n) is 3.48. The summed E-state index contributed by atoms with van der Waals surface area (Å²) in [4.78, 5) is 0. The zero-order chi connectivity index (χ0) is 12.3. The minimum Gasteiger partial charge on any atom is -0.456 e. The molecule has 2 aromatic rings. The fourth-order valence-electron chi connectivity index (χ4n) is 1.38. The number of hydrogen-bond donors (Lipinski definition) is 1. The van der Waals surface area contributed by atoms with Crippen molar-refractivity contribution in [2.24, 2.45) is 0 Å². The Kier molecular flexibility index (Phi) is 3.61. The van der Waals surface area contributed by atoms with E-state index in [2.05, 4.69) is 0 Å². The summed E-state index contributed by atoms with van der Waals surface area (Å²) in [5.74, 6) is 0.434. The summed E-state index contributed by atoms with van der Waals surface area (Å²) in [6.07, 6.45) is 0. The lowest BCUT2D eigenvalue weighted by atomic mass is 10.2. The van der Waals surface area contributed by atoms with Gasteiger partial charge in [0.1, 0.15) is 17.3 Å². The van der Waals surface area contributed by atoms with Crippen molar-refractivity contribution in [1.82, 2.24) is 0 Å². The van der Waals surface area contributed by atoms with Crippen LogP contribution in [0.2, 0.25) is 5.02 Å². The normalized spacial score (nSPS) is 10.3. The van der Waals surface area contributed by atoms with Crippen LogP contribution in [0.1, 0.15) is 5.56 Å². The van der Waals surface area contributed by atoms with Gasteiger partial charge >= 0.3 is 0 Å². The summed E-state index contributed by atoms with van der Waals surface area (Å²) < 4.78 is 18.4. The van der Waals surface area contributed by atoms with E-state index in [1.807, 2.05) is 0 Å². The molecule has 0 radical (unpaired) electrons. The van der Waals surface area contributed by atoms with Crippen molar-refractivity contribution < 1.29 is 14.2 Å². The molecular weight excluding hydrogens is 243 g/mol. The van der Waals surface area contributed by atoms with Crippen LogP contribution in [0.5, 0.6) is 11.5 Å². The second kappa shape index (κ2) is 5.17. The fraction of sp³-hybridized carbons (Fsp3) is 0.0769. The van der Waals surface area contributed by atoms with Crippen molar-refractivity contribution in [3.8, 4) is 11.5 Å². The Morgan fingerprint density at radius 1 is 1.18 bits per heavy atom. The van der Waals surface area contributed by atoms with Gasteiger partial charge in [-0.05, 0) is 29.8 Å². The molecule has 0 spiro atoms. The number of benzene rings is 2. The van der Waals surface area contributed by atoms with Crippen LogP contribution in [0, 0.1) is 5.82 Å².